The van der Waals surface area contributed by atoms with Crippen LogP contribution in [0.2, 0.25) is 0 Å². The van der Waals surface area contributed by atoms with E-state index in [1.807, 2.05) is 6.07 Å². The molecule has 0 radical (unpaired) electrons. The zero-order valence-electron chi connectivity index (χ0n) is 16.2. The van der Waals surface area contributed by atoms with Crippen LogP contribution in [0.15, 0.2) is 63.8 Å². The van der Waals surface area contributed by atoms with Gasteiger partial charge in [0.05, 0.1) is 17.5 Å². The Balaban J connectivity index is 1.38. The molecule has 1 atom stereocenters. The Kier molecular flexibility index (Phi) is 5.91. The fraction of sp³-hybridized carbons (Fsp3) is 0.182. The zero-order valence-corrected chi connectivity index (χ0v) is 17.1. The SMILES string of the molecule is N#Cc1ccc(NC(=O)C2CSCN2C(=O)COc2ccc3ccc(=O)oc3c2)cc1. The third-order valence-electron chi connectivity index (χ3n) is 4.74. The van der Waals surface area contributed by atoms with Crippen LogP contribution in [-0.4, -0.2) is 41.0 Å². The topological polar surface area (TPSA) is 113 Å². The van der Waals surface area contributed by atoms with E-state index >= 15 is 0 Å². The maximum absolute atomic E-state index is 12.7. The lowest BCUT2D eigenvalue weighted by atomic mass is 10.2. The van der Waals surface area contributed by atoms with E-state index in [1.165, 1.54) is 22.7 Å². The summed E-state index contributed by atoms with van der Waals surface area (Å²) < 4.78 is 10.7. The number of nitrogens with one attached hydrogen (secondary N) is 1. The highest BCUT2D eigenvalue weighted by atomic mass is 32.2. The van der Waals surface area contributed by atoms with Crippen LogP contribution in [0.5, 0.6) is 5.75 Å². The number of ether oxygens (including phenoxy) is 1. The quantitative estimate of drug-likeness (QED) is 0.613. The van der Waals surface area contributed by atoms with Gasteiger partial charge in [-0.1, -0.05) is 0 Å². The second-order valence-electron chi connectivity index (χ2n) is 6.80. The average molecular weight is 435 g/mol. The van der Waals surface area contributed by atoms with Crippen molar-refractivity contribution < 1.29 is 18.7 Å². The minimum Gasteiger partial charge on any atom is -0.484 e. The summed E-state index contributed by atoms with van der Waals surface area (Å²) in [6.45, 7) is -0.246. The number of nitrogens with zero attached hydrogens (tertiary/aromatic N) is 2. The van der Waals surface area contributed by atoms with Crippen LogP contribution in [-0.2, 0) is 9.59 Å². The van der Waals surface area contributed by atoms with Gasteiger partial charge in [-0.2, -0.15) is 5.26 Å². The van der Waals surface area contributed by atoms with Gasteiger partial charge in [0.15, 0.2) is 6.61 Å². The van der Waals surface area contributed by atoms with E-state index in [9.17, 15) is 14.4 Å². The van der Waals surface area contributed by atoms with Crippen molar-refractivity contribution in [3.63, 3.8) is 0 Å². The second kappa shape index (κ2) is 8.93. The van der Waals surface area contributed by atoms with E-state index in [0.29, 0.717) is 34.2 Å². The highest BCUT2D eigenvalue weighted by Crippen LogP contribution is 2.24. The number of rotatable bonds is 5. The third-order valence-corrected chi connectivity index (χ3v) is 5.76. The number of thioether (sulfide) groups is 1. The molecular weight excluding hydrogens is 418 g/mol. The van der Waals surface area contributed by atoms with Gasteiger partial charge in [-0.05, 0) is 42.5 Å². The van der Waals surface area contributed by atoms with E-state index in [-0.39, 0.29) is 18.4 Å². The van der Waals surface area contributed by atoms with Crippen molar-refractivity contribution in [3.05, 3.63) is 70.6 Å². The van der Waals surface area contributed by atoms with E-state index in [1.54, 1.807) is 48.5 Å². The molecule has 1 saturated heterocycles. The van der Waals surface area contributed by atoms with Crippen molar-refractivity contribution in [2.75, 3.05) is 23.6 Å². The maximum atomic E-state index is 12.7. The number of nitriles is 1. The first-order chi connectivity index (χ1) is 15.0. The van der Waals surface area contributed by atoms with Gasteiger partial charge < -0.3 is 19.4 Å². The van der Waals surface area contributed by atoms with E-state index in [2.05, 4.69) is 5.32 Å². The summed E-state index contributed by atoms with van der Waals surface area (Å²) >= 11 is 1.48. The first-order valence-electron chi connectivity index (χ1n) is 9.38. The molecule has 1 unspecified atom stereocenters. The van der Waals surface area contributed by atoms with Gasteiger partial charge in [-0.25, -0.2) is 4.79 Å². The molecule has 1 aromatic heterocycles. The normalized spacial score (nSPS) is 15.5. The Hall–Kier alpha value is -3.77. The number of carbonyl (C=O) groups excluding carboxylic acids is 2. The summed E-state index contributed by atoms with van der Waals surface area (Å²) in [6, 6.07) is 15.9. The van der Waals surface area contributed by atoms with Crippen LogP contribution in [0.4, 0.5) is 5.69 Å². The summed E-state index contributed by atoms with van der Waals surface area (Å²) in [5.41, 5.74) is 0.957. The van der Waals surface area contributed by atoms with E-state index < -0.39 is 11.7 Å². The molecule has 0 saturated carbocycles. The number of amides is 2. The lowest BCUT2D eigenvalue weighted by Crippen LogP contribution is -2.46. The van der Waals surface area contributed by atoms with Gasteiger partial charge >= 0.3 is 5.63 Å². The molecule has 9 heteroatoms. The van der Waals surface area contributed by atoms with Crippen molar-refractivity contribution in [2.45, 2.75) is 6.04 Å². The van der Waals surface area contributed by atoms with Crippen LogP contribution in [0, 0.1) is 11.3 Å². The van der Waals surface area contributed by atoms with E-state index in [0.717, 1.165) is 5.39 Å². The molecule has 8 nitrogen and oxygen atoms in total. The highest BCUT2D eigenvalue weighted by Gasteiger charge is 2.34. The number of fused-ring (bicyclic) bond motifs is 1. The van der Waals surface area contributed by atoms with Gasteiger partial charge in [0.25, 0.3) is 5.91 Å². The Morgan fingerprint density at radius 2 is 1.97 bits per heavy atom. The fourth-order valence-electron chi connectivity index (χ4n) is 3.12. The molecule has 31 heavy (non-hydrogen) atoms. The predicted octanol–water partition coefficient (Wildman–Crippen LogP) is 2.58. The lowest BCUT2D eigenvalue weighted by molar-refractivity contribution is -0.137. The van der Waals surface area contributed by atoms with Crippen LogP contribution in [0.25, 0.3) is 11.0 Å². The summed E-state index contributed by atoms with van der Waals surface area (Å²) in [5, 5.41) is 12.4. The van der Waals surface area contributed by atoms with Gasteiger partial charge in [-0.3, -0.25) is 9.59 Å². The Morgan fingerprint density at radius 1 is 1.19 bits per heavy atom. The fourth-order valence-corrected chi connectivity index (χ4v) is 4.30. The molecule has 1 fully saturated rings. The van der Waals surface area contributed by atoms with E-state index in [4.69, 9.17) is 14.4 Å². The van der Waals surface area contributed by atoms with Gasteiger partial charge in [0.1, 0.15) is 17.4 Å². The minimum atomic E-state index is -0.619. The first kappa shape index (κ1) is 20.5. The highest BCUT2D eigenvalue weighted by molar-refractivity contribution is 7.99. The lowest BCUT2D eigenvalue weighted by Gasteiger charge is -2.23. The monoisotopic (exact) mass is 435 g/mol. The number of hydrogen-bond acceptors (Lipinski definition) is 7. The average Bonchev–Trinajstić information content (AvgIpc) is 3.28. The molecule has 0 aliphatic carbocycles. The third kappa shape index (κ3) is 4.70. The number of carbonyl (C=O) groups is 2. The molecule has 0 spiro atoms. The number of benzene rings is 2. The van der Waals surface area contributed by atoms with Crippen LogP contribution < -0.4 is 15.7 Å². The molecule has 0 bridgehead atoms. The van der Waals surface area contributed by atoms with Crippen molar-refractivity contribution >= 4 is 40.2 Å². The molecular formula is C22H17N3O5S. The molecule has 1 aliphatic heterocycles. The number of anilines is 1. The number of hydrogen-bond donors (Lipinski definition) is 1. The molecule has 156 valence electrons. The van der Waals surface area contributed by atoms with Gasteiger partial charge in [-0.15, -0.1) is 11.8 Å². The molecule has 2 heterocycles. The molecule has 1 N–H and O–H groups in total. The minimum absolute atomic E-state index is 0.246. The smallest absolute Gasteiger partial charge is 0.336 e. The van der Waals surface area contributed by atoms with Crippen LogP contribution >= 0.6 is 11.8 Å². The summed E-state index contributed by atoms with van der Waals surface area (Å²) in [7, 11) is 0. The Bertz CT molecular complexity index is 1230. The first-order valence-corrected chi connectivity index (χ1v) is 10.5. The largest absolute Gasteiger partial charge is 0.484 e. The summed E-state index contributed by atoms with van der Waals surface area (Å²) in [5.74, 6) is 0.644. The van der Waals surface area contributed by atoms with Gasteiger partial charge in [0.2, 0.25) is 5.91 Å². The standard InChI is InChI=1S/C22H17N3O5S/c23-10-14-1-5-16(6-2-14)24-22(28)18-12-31-13-25(18)20(26)11-29-17-7-3-15-4-8-21(27)30-19(15)9-17/h1-9,18H,11-13H2,(H,24,28). The Morgan fingerprint density at radius 3 is 2.74 bits per heavy atom. The summed E-state index contributed by atoms with van der Waals surface area (Å²) in [4.78, 5) is 38.2. The van der Waals surface area contributed by atoms with Crippen molar-refractivity contribution in [1.82, 2.24) is 4.90 Å². The maximum Gasteiger partial charge on any atom is 0.336 e. The second-order valence-corrected chi connectivity index (χ2v) is 7.80. The van der Waals surface area contributed by atoms with Crippen molar-refractivity contribution in [3.8, 4) is 11.8 Å². The predicted molar refractivity (Wildman–Crippen MR) is 116 cm³/mol. The van der Waals surface area contributed by atoms with Crippen molar-refractivity contribution in [2.24, 2.45) is 0 Å². The molecule has 3 aromatic rings. The molecule has 4 rings (SSSR count). The molecule has 1 aliphatic rings. The zero-order chi connectivity index (χ0) is 21.8. The molecule has 2 amide bonds. The Labute approximate surface area is 181 Å². The summed E-state index contributed by atoms with van der Waals surface area (Å²) in [6.07, 6.45) is 0. The molecule has 2 aromatic carbocycles. The van der Waals surface area contributed by atoms with Crippen LogP contribution in [0.1, 0.15) is 5.56 Å². The van der Waals surface area contributed by atoms with Crippen LogP contribution in [0.3, 0.4) is 0 Å². The van der Waals surface area contributed by atoms with Crippen molar-refractivity contribution in [1.29, 1.82) is 5.26 Å². The van der Waals surface area contributed by atoms with Gasteiger partial charge in [0, 0.05) is 29.0 Å².